The molecule has 1 heterocycles. The topological polar surface area (TPSA) is 26.3 Å². The van der Waals surface area contributed by atoms with Crippen LogP contribution in [0.5, 0.6) is 0 Å². The van der Waals surface area contributed by atoms with Crippen LogP contribution >= 0.6 is 0 Å². The van der Waals surface area contributed by atoms with E-state index >= 15 is 0 Å². The molecule has 0 aromatic heterocycles. The first-order valence-electron chi connectivity index (χ1n) is 5.38. The highest BCUT2D eigenvalue weighted by Gasteiger charge is 2.40. The quantitative estimate of drug-likeness (QED) is 0.538. The van der Waals surface area contributed by atoms with Gasteiger partial charge < -0.3 is 4.74 Å². The number of fused-ring (bicyclic) bond motifs is 1. The van der Waals surface area contributed by atoms with Crippen LogP contribution in [-0.2, 0) is 9.53 Å². The Morgan fingerprint density at radius 1 is 1.23 bits per heavy atom. The van der Waals surface area contributed by atoms with Crippen molar-refractivity contribution < 1.29 is 9.53 Å². The van der Waals surface area contributed by atoms with E-state index in [-0.39, 0.29) is 12.1 Å². The molecule has 0 N–H and O–H groups in total. The van der Waals surface area contributed by atoms with E-state index < -0.39 is 0 Å². The van der Waals surface area contributed by atoms with Crippen molar-refractivity contribution in [1.29, 1.82) is 0 Å². The fourth-order valence-electron chi connectivity index (χ4n) is 2.85. The summed E-state index contributed by atoms with van der Waals surface area (Å²) in [5.74, 6) is 1.77. The third kappa shape index (κ3) is 1.59. The van der Waals surface area contributed by atoms with Crippen molar-refractivity contribution in [2.75, 3.05) is 0 Å². The van der Waals surface area contributed by atoms with Gasteiger partial charge in [0.2, 0.25) is 0 Å². The molecule has 0 radical (unpaired) electrons. The van der Waals surface area contributed by atoms with Crippen LogP contribution < -0.4 is 0 Å². The fraction of sp³-hybridized carbons (Fsp3) is 0.909. The molecule has 74 valence electrons. The van der Waals surface area contributed by atoms with Gasteiger partial charge in [0.05, 0.1) is 0 Å². The molecule has 4 unspecified atom stereocenters. The average Bonchev–Trinajstić information content (AvgIpc) is 2.07. The Balaban J connectivity index is 2.12. The lowest BCUT2D eigenvalue weighted by atomic mass is 9.71. The predicted molar refractivity (Wildman–Crippen MR) is 50.2 cm³/mol. The minimum absolute atomic E-state index is 0.0162. The Labute approximate surface area is 79.7 Å². The van der Waals surface area contributed by atoms with E-state index in [2.05, 4.69) is 13.8 Å². The zero-order valence-corrected chi connectivity index (χ0v) is 8.45. The molecular weight excluding hydrogens is 164 g/mol. The molecule has 0 aromatic carbocycles. The van der Waals surface area contributed by atoms with Crippen molar-refractivity contribution in [2.45, 2.75) is 45.6 Å². The molecule has 0 aromatic rings. The smallest absolute Gasteiger partial charge is 0.306 e. The predicted octanol–water partition coefficient (Wildman–Crippen LogP) is 2.37. The van der Waals surface area contributed by atoms with E-state index in [1.165, 1.54) is 19.3 Å². The second-order valence-electron chi connectivity index (χ2n) is 4.71. The van der Waals surface area contributed by atoms with Crippen LogP contribution in [0.2, 0.25) is 0 Å². The first kappa shape index (κ1) is 9.04. The molecule has 0 amide bonds. The maximum atomic E-state index is 11.3. The molecule has 1 saturated heterocycles. The zero-order chi connectivity index (χ0) is 9.42. The molecule has 2 fully saturated rings. The Kier molecular flexibility index (Phi) is 2.31. The Hall–Kier alpha value is -0.530. The molecule has 1 saturated carbocycles. The van der Waals surface area contributed by atoms with Crippen molar-refractivity contribution in [1.82, 2.24) is 0 Å². The van der Waals surface area contributed by atoms with Gasteiger partial charge in [0.15, 0.2) is 0 Å². The number of ether oxygens (including phenoxy) is 1. The van der Waals surface area contributed by atoms with E-state index in [9.17, 15) is 4.79 Å². The number of carbonyl (C=O) groups excluding carboxylic acids is 1. The lowest BCUT2D eigenvalue weighted by molar-refractivity contribution is -0.170. The Morgan fingerprint density at radius 3 is 2.77 bits per heavy atom. The Morgan fingerprint density at radius 2 is 2.00 bits per heavy atom. The molecular formula is C11H18O2. The molecule has 2 rings (SSSR count). The average molecular weight is 182 g/mol. The van der Waals surface area contributed by atoms with Gasteiger partial charge in [0.25, 0.3) is 0 Å². The van der Waals surface area contributed by atoms with Crippen LogP contribution in [0.15, 0.2) is 0 Å². The minimum atomic E-state index is 0.0162. The normalized spacial score (nSPS) is 45.2. The molecule has 2 aliphatic rings. The number of esters is 1. The molecule has 1 aliphatic heterocycles. The van der Waals surface area contributed by atoms with Crippen LogP contribution in [0.3, 0.4) is 0 Å². The maximum Gasteiger partial charge on any atom is 0.306 e. The molecule has 2 heteroatoms. The fourth-order valence-corrected chi connectivity index (χ4v) is 2.85. The second-order valence-corrected chi connectivity index (χ2v) is 4.71. The number of rotatable bonds is 0. The Bertz CT molecular complexity index is 212. The SMILES string of the molecule is CC1CC(=O)OC2C(C)CCCC12. The van der Waals surface area contributed by atoms with Crippen molar-refractivity contribution in [3.8, 4) is 0 Å². The lowest BCUT2D eigenvalue weighted by Gasteiger charge is -2.42. The summed E-state index contributed by atoms with van der Waals surface area (Å²) < 4.78 is 5.43. The van der Waals surface area contributed by atoms with Gasteiger partial charge in [-0.1, -0.05) is 20.3 Å². The van der Waals surface area contributed by atoms with Crippen molar-refractivity contribution in [2.24, 2.45) is 17.8 Å². The highest BCUT2D eigenvalue weighted by molar-refractivity contribution is 5.70. The van der Waals surface area contributed by atoms with Gasteiger partial charge in [-0.2, -0.15) is 0 Å². The third-order valence-electron chi connectivity index (χ3n) is 3.67. The highest BCUT2D eigenvalue weighted by atomic mass is 16.5. The van der Waals surface area contributed by atoms with E-state index in [0.717, 1.165) is 0 Å². The largest absolute Gasteiger partial charge is 0.462 e. The van der Waals surface area contributed by atoms with E-state index in [1.54, 1.807) is 0 Å². The molecule has 4 atom stereocenters. The monoisotopic (exact) mass is 182 g/mol. The van der Waals surface area contributed by atoms with Crippen molar-refractivity contribution in [3.63, 3.8) is 0 Å². The maximum absolute atomic E-state index is 11.3. The third-order valence-corrected chi connectivity index (χ3v) is 3.67. The molecule has 0 bridgehead atoms. The molecule has 13 heavy (non-hydrogen) atoms. The van der Waals surface area contributed by atoms with E-state index in [1.807, 2.05) is 0 Å². The van der Waals surface area contributed by atoms with Crippen LogP contribution in [-0.4, -0.2) is 12.1 Å². The first-order chi connectivity index (χ1) is 6.18. The summed E-state index contributed by atoms with van der Waals surface area (Å²) in [4.78, 5) is 11.3. The summed E-state index contributed by atoms with van der Waals surface area (Å²) in [6.07, 6.45) is 4.65. The summed E-state index contributed by atoms with van der Waals surface area (Å²) in [7, 11) is 0. The number of carbonyl (C=O) groups is 1. The van der Waals surface area contributed by atoms with Gasteiger partial charge in [0, 0.05) is 6.42 Å². The van der Waals surface area contributed by atoms with Gasteiger partial charge in [-0.15, -0.1) is 0 Å². The molecule has 2 nitrogen and oxygen atoms in total. The van der Waals surface area contributed by atoms with Crippen molar-refractivity contribution >= 4 is 5.97 Å². The first-order valence-corrected chi connectivity index (χ1v) is 5.38. The van der Waals surface area contributed by atoms with Gasteiger partial charge in [-0.05, 0) is 30.6 Å². The lowest BCUT2D eigenvalue weighted by Crippen LogP contribution is -2.44. The summed E-state index contributed by atoms with van der Waals surface area (Å²) in [5, 5.41) is 0. The van der Waals surface area contributed by atoms with Gasteiger partial charge in [-0.3, -0.25) is 4.79 Å². The summed E-state index contributed by atoms with van der Waals surface area (Å²) in [5.41, 5.74) is 0. The van der Waals surface area contributed by atoms with Gasteiger partial charge in [0.1, 0.15) is 6.10 Å². The zero-order valence-electron chi connectivity index (χ0n) is 8.45. The standard InChI is InChI=1S/C11H18O2/c1-7-4-3-5-9-8(2)6-10(12)13-11(7)9/h7-9,11H,3-6H2,1-2H3. The van der Waals surface area contributed by atoms with Crippen LogP contribution in [0.25, 0.3) is 0 Å². The summed E-state index contributed by atoms with van der Waals surface area (Å²) in [6, 6.07) is 0. The van der Waals surface area contributed by atoms with Crippen LogP contribution in [0.1, 0.15) is 39.5 Å². The second kappa shape index (κ2) is 3.32. The number of hydrogen-bond acceptors (Lipinski definition) is 2. The molecule has 0 spiro atoms. The van der Waals surface area contributed by atoms with Crippen LogP contribution in [0, 0.1) is 17.8 Å². The van der Waals surface area contributed by atoms with Gasteiger partial charge in [-0.25, -0.2) is 0 Å². The van der Waals surface area contributed by atoms with Crippen molar-refractivity contribution in [3.05, 3.63) is 0 Å². The molecule has 1 aliphatic carbocycles. The minimum Gasteiger partial charge on any atom is -0.462 e. The number of hydrogen-bond donors (Lipinski definition) is 0. The van der Waals surface area contributed by atoms with Crippen LogP contribution in [0.4, 0.5) is 0 Å². The summed E-state index contributed by atoms with van der Waals surface area (Å²) >= 11 is 0. The van der Waals surface area contributed by atoms with E-state index in [0.29, 0.717) is 24.2 Å². The van der Waals surface area contributed by atoms with Gasteiger partial charge >= 0.3 is 5.97 Å². The van der Waals surface area contributed by atoms with E-state index in [4.69, 9.17) is 4.74 Å². The highest BCUT2D eigenvalue weighted by Crippen LogP contribution is 2.40. The summed E-state index contributed by atoms with van der Waals surface area (Å²) in [6.45, 7) is 4.40.